The fraction of sp³-hybridized carbons (Fsp3) is 0.238. The van der Waals surface area contributed by atoms with Crippen LogP contribution in [0.1, 0.15) is 5.56 Å². The van der Waals surface area contributed by atoms with Crippen molar-refractivity contribution in [1.82, 2.24) is 20.1 Å². The Morgan fingerprint density at radius 2 is 1.61 bits per heavy atom. The second-order valence-corrected chi connectivity index (χ2v) is 6.78. The van der Waals surface area contributed by atoms with Crippen LogP contribution in [0.25, 0.3) is 11.3 Å². The number of hydrogen-bond donors (Lipinski definition) is 1. The zero-order valence-corrected chi connectivity index (χ0v) is 15.7. The maximum absolute atomic E-state index is 12.5. The van der Waals surface area contributed by atoms with Crippen LogP contribution in [0, 0.1) is 6.92 Å². The van der Waals surface area contributed by atoms with E-state index < -0.39 is 0 Å². The summed E-state index contributed by atoms with van der Waals surface area (Å²) in [7, 11) is 0. The van der Waals surface area contributed by atoms with E-state index in [-0.39, 0.29) is 6.03 Å². The van der Waals surface area contributed by atoms with Crippen molar-refractivity contribution in [2.24, 2.45) is 0 Å². The van der Waals surface area contributed by atoms with Gasteiger partial charge in [0.2, 0.25) is 0 Å². The second-order valence-electron chi connectivity index (χ2n) is 6.78. The molecule has 7 heteroatoms. The molecule has 0 atom stereocenters. The standard InChI is InChI=1S/C21H22N6O/c1-16-2-4-18(5-3-16)23-21(28)27-14-12-26(13-15-27)20-7-6-19(24-25-20)17-8-10-22-11-9-17/h2-11H,12-15H2,1H3,(H,23,28). The second kappa shape index (κ2) is 8.04. The van der Waals surface area contributed by atoms with Gasteiger partial charge in [0.15, 0.2) is 5.82 Å². The van der Waals surface area contributed by atoms with Gasteiger partial charge in [-0.15, -0.1) is 10.2 Å². The molecule has 2 amide bonds. The van der Waals surface area contributed by atoms with Gasteiger partial charge in [-0.2, -0.15) is 0 Å². The highest BCUT2D eigenvalue weighted by molar-refractivity contribution is 5.89. The molecule has 142 valence electrons. The Labute approximate surface area is 164 Å². The number of carbonyl (C=O) groups excluding carboxylic acids is 1. The van der Waals surface area contributed by atoms with Crippen LogP contribution in [0.3, 0.4) is 0 Å². The Morgan fingerprint density at radius 1 is 0.893 bits per heavy atom. The average molecular weight is 374 g/mol. The van der Waals surface area contributed by atoms with Gasteiger partial charge in [0.1, 0.15) is 0 Å². The molecule has 1 aliphatic rings. The number of piperazine rings is 1. The maximum Gasteiger partial charge on any atom is 0.321 e. The van der Waals surface area contributed by atoms with Crippen LogP contribution in [0.5, 0.6) is 0 Å². The summed E-state index contributed by atoms with van der Waals surface area (Å²) in [6.07, 6.45) is 3.48. The van der Waals surface area contributed by atoms with Gasteiger partial charge in [0.25, 0.3) is 0 Å². The molecule has 1 aliphatic heterocycles. The van der Waals surface area contributed by atoms with E-state index in [0.717, 1.165) is 35.9 Å². The first-order valence-corrected chi connectivity index (χ1v) is 9.31. The number of aromatic nitrogens is 3. The molecule has 1 aromatic carbocycles. The number of rotatable bonds is 3. The van der Waals surface area contributed by atoms with Gasteiger partial charge in [-0.05, 0) is 43.3 Å². The Hall–Kier alpha value is -3.48. The number of hydrogen-bond acceptors (Lipinski definition) is 5. The number of benzene rings is 1. The summed E-state index contributed by atoms with van der Waals surface area (Å²) in [5.41, 5.74) is 3.80. The third-order valence-electron chi connectivity index (χ3n) is 4.82. The lowest BCUT2D eigenvalue weighted by Crippen LogP contribution is -2.50. The van der Waals surface area contributed by atoms with Crippen molar-refractivity contribution < 1.29 is 4.79 Å². The minimum atomic E-state index is -0.0670. The van der Waals surface area contributed by atoms with E-state index in [1.807, 2.05) is 60.4 Å². The van der Waals surface area contributed by atoms with E-state index >= 15 is 0 Å². The number of amides is 2. The summed E-state index contributed by atoms with van der Waals surface area (Å²) < 4.78 is 0. The minimum absolute atomic E-state index is 0.0670. The van der Waals surface area contributed by atoms with Gasteiger partial charge in [-0.1, -0.05) is 17.7 Å². The highest BCUT2D eigenvalue weighted by Crippen LogP contribution is 2.19. The highest BCUT2D eigenvalue weighted by atomic mass is 16.2. The van der Waals surface area contributed by atoms with E-state index in [9.17, 15) is 4.79 Å². The number of aryl methyl sites for hydroxylation is 1. The molecule has 3 aromatic rings. The SMILES string of the molecule is Cc1ccc(NC(=O)N2CCN(c3ccc(-c4ccncc4)nn3)CC2)cc1. The molecular weight excluding hydrogens is 352 g/mol. The van der Waals surface area contributed by atoms with E-state index in [0.29, 0.717) is 13.1 Å². The first-order chi connectivity index (χ1) is 13.7. The maximum atomic E-state index is 12.5. The molecule has 0 unspecified atom stereocenters. The Bertz CT molecular complexity index is 919. The normalized spacial score (nSPS) is 14.0. The molecule has 7 nitrogen and oxygen atoms in total. The predicted molar refractivity (Wildman–Crippen MR) is 109 cm³/mol. The van der Waals surface area contributed by atoms with Crippen LogP contribution < -0.4 is 10.2 Å². The number of urea groups is 1. The molecule has 1 saturated heterocycles. The summed E-state index contributed by atoms with van der Waals surface area (Å²) in [5, 5.41) is 11.6. The van der Waals surface area contributed by atoms with Crippen LogP contribution in [0.15, 0.2) is 60.9 Å². The summed E-state index contributed by atoms with van der Waals surface area (Å²) >= 11 is 0. The van der Waals surface area contributed by atoms with Gasteiger partial charge in [0, 0.05) is 49.8 Å². The van der Waals surface area contributed by atoms with Crippen LogP contribution in [0.4, 0.5) is 16.3 Å². The average Bonchev–Trinajstić information content (AvgIpc) is 2.76. The van der Waals surface area contributed by atoms with Crippen LogP contribution in [-0.4, -0.2) is 52.3 Å². The van der Waals surface area contributed by atoms with Gasteiger partial charge in [-0.3, -0.25) is 4.98 Å². The Morgan fingerprint density at radius 3 is 2.25 bits per heavy atom. The zero-order chi connectivity index (χ0) is 19.3. The van der Waals surface area contributed by atoms with Crippen LogP contribution >= 0.6 is 0 Å². The quantitative estimate of drug-likeness (QED) is 0.762. The summed E-state index contributed by atoms with van der Waals surface area (Å²) in [4.78, 5) is 20.5. The smallest absolute Gasteiger partial charge is 0.321 e. The van der Waals surface area contributed by atoms with E-state index in [2.05, 4.69) is 25.4 Å². The third-order valence-corrected chi connectivity index (χ3v) is 4.82. The zero-order valence-electron chi connectivity index (χ0n) is 15.7. The fourth-order valence-corrected chi connectivity index (χ4v) is 3.15. The molecule has 2 aromatic heterocycles. The van der Waals surface area contributed by atoms with Crippen molar-refractivity contribution >= 4 is 17.5 Å². The van der Waals surface area contributed by atoms with Crippen LogP contribution in [-0.2, 0) is 0 Å². The molecular formula is C21H22N6O. The summed E-state index contributed by atoms with van der Waals surface area (Å²) in [6.45, 7) is 4.77. The molecule has 0 spiro atoms. The lowest BCUT2D eigenvalue weighted by atomic mass is 10.2. The van der Waals surface area contributed by atoms with Gasteiger partial charge >= 0.3 is 6.03 Å². The minimum Gasteiger partial charge on any atom is -0.352 e. The van der Waals surface area contributed by atoms with Crippen molar-refractivity contribution in [3.63, 3.8) is 0 Å². The number of nitrogens with one attached hydrogen (secondary N) is 1. The number of carbonyl (C=O) groups is 1. The van der Waals surface area contributed by atoms with E-state index in [4.69, 9.17) is 0 Å². The van der Waals surface area contributed by atoms with Gasteiger partial charge in [0.05, 0.1) is 5.69 Å². The van der Waals surface area contributed by atoms with E-state index in [1.165, 1.54) is 5.56 Å². The van der Waals surface area contributed by atoms with E-state index in [1.54, 1.807) is 12.4 Å². The number of anilines is 2. The van der Waals surface area contributed by atoms with Gasteiger partial charge < -0.3 is 15.1 Å². The Kier molecular flexibility index (Phi) is 5.14. The summed E-state index contributed by atoms with van der Waals surface area (Å²) in [6, 6.07) is 15.5. The topological polar surface area (TPSA) is 74.2 Å². The van der Waals surface area contributed by atoms with Gasteiger partial charge in [-0.25, -0.2) is 4.79 Å². The highest BCUT2D eigenvalue weighted by Gasteiger charge is 2.22. The third kappa shape index (κ3) is 4.09. The number of pyridine rings is 1. The first-order valence-electron chi connectivity index (χ1n) is 9.31. The lowest BCUT2D eigenvalue weighted by molar-refractivity contribution is 0.208. The van der Waals surface area contributed by atoms with Crippen molar-refractivity contribution in [3.05, 3.63) is 66.5 Å². The molecule has 3 heterocycles. The van der Waals surface area contributed by atoms with Crippen LogP contribution in [0.2, 0.25) is 0 Å². The van der Waals surface area contributed by atoms with Crippen molar-refractivity contribution in [2.75, 3.05) is 36.4 Å². The lowest BCUT2D eigenvalue weighted by Gasteiger charge is -2.35. The van der Waals surface area contributed by atoms with Crippen molar-refractivity contribution in [1.29, 1.82) is 0 Å². The molecule has 0 aliphatic carbocycles. The van der Waals surface area contributed by atoms with Crippen molar-refractivity contribution in [3.8, 4) is 11.3 Å². The molecule has 0 radical (unpaired) electrons. The molecule has 0 bridgehead atoms. The fourth-order valence-electron chi connectivity index (χ4n) is 3.15. The monoisotopic (exact) mass is 374 g/mol. The molecule has 28 heavy (non-hydrogen) atoms. The largest absolute Gasteiger partial charge is 0.352 e. The summed E-state index contributed by atoms with van der Waals surface area (Å²) in [5.74, 6) is 0.830. The molecule has 4 rings (SSSR count). The van der Waals surface area contributed by atoms with Crippen molar-refractivity contribution in [2.45, 2.75) is 6.92 Å². The molecule has 1 fully saturated rings. The molecule has 1 N–H and O–H groups in total. The number of nitrogens with zero attached hydrogens (tertiary/aromatic N) is 5. The molecule has 0 saturated carbocycles. The first kappa shape index (κ1) is 17.9. The predicted octanol–water partition coefficient (Wildman–Crippen LogP) is 3.20. The Balaban J connectivity index is 1.33.